The summed E-state index contributed by atoms with van der Waals surface area (Å²) in [6.45, 7) is 5.56. The molecule has 104 valence electrons. The van der Waals surface area contributed by atoms with Crippen LogP contribution in [0.2, 0.25) is 0 Å². The number of aryl methyl sites for hydroxylation is 1. The van der Waals surface area contributed by atoms with Crippen molar-refractivity contribution in [3.63, 3.8) is 0 Å². The van der Waals surface area contributed by atoms with Crippen LogP contribution in [0.15, 0.2) is 30.3 Å². The highest BCUT2D eigenvalue weighted by Crippen LogP contribution is 2.27. The summed E-state index contributed by atoms with van der Waals surface area (Å²) >= 11 is 0. The molecule has 1 heterocycles. The Morgan fingerprint density at radius 2 is 2.00 bits per heavy atom. The van der Waals surface area contributed by atoms with Gasteiger partial charge in [-0.25, -0.2) is 9.18 Å². The van der Waals surface area contributed by atoms with Crippen LogP contribution in [0.1, 0.15) is 41.4 Å². The molecule has 3 nitrogen and oxygen atoms in total. The lowest BCUT2D eigenvalue weighted by molar-refractivity contribution is 0.0694. The molecule has 2 aromatic rings. The Morgan fingerprint density at radius 1 is 1.30 bits per heavy atom. The van der Waals surface area contributed by atoms with E-state index in [2.05, 4.69) is 4.98 Å². The Morgan fingerprint density at radius 3 is 2.55 bits per heavy atom. The molecule has 1 aromatic heterocycles. The summed E-state index contributed by atoms with van der Waals surface area (Å²) in [4.78, 5) is 15.7. The molecule has 0 unspecified atom stereocenters. The molecule has 0 radical (unpaired) electrons. The first-order chi connectivity index (χ1) is 9.40. The molecule has 0 aliphatic rings. The number of carboxylic acids is 1. The van der Waals surface area contributed by atoms with Gasteiger partial charge in [0, 0.05) is 5.56 Å². The van der Waals surface area contributed by atoms with Crippen molar-refractivity contribution in [1.82, 2.24) is 4.98 Å². The third kappa shape index (κ3) is 2.69. The number of hydrogen-bond donors (Lipinski definition) is 1. The van der Waals surface area contributed by atoms with Crippen LogP contribution in [0, 0.1) is 12.7 Å². The summed E-state index contributed by atoms with van der Waals surface area (Å²) in [5, 5.41) is 9.24. The number of halogens is 1. The average Bonchev–Trinajstić information content (AvgIpc) is 2.37. The first-order valence-corrected chi connectivity index (χ1v) is 6.41. The smallest absolute Gasteiger partial charge is 0.337 e. The van der Waals surface area contributed by atoms with Crippen LogP contribution in [-0.4, -0.2) is 16.1 Å². The second-order valence-corrected chi connectivity index (χ2v) is 5.06. The van der Waals surface area contributed by atoms with Crippen molar-refractivity contribution in [3.05, 3.63) is 53.0 Å². The fraction of sp³-hybridized carbons (Fsp3) is 0.250. The molecular formula is C16H16FNO2. The largest absolute Gasteiger partial charge is 0.478 e. The standard InChI is InChI=1S/C16H16FNO2/c1-9(2)14-13(16(19)20)7-10(3)15(18-14)11-5-4-6-12(17)8-11/h4-9H,1-3H3,(H,19,20). The van der Waals surface area contributed by atoms with E-state index in [1.165, 1.54) is 12.1 Å². The van der Waals surface area contributed by atoms with Crippen LogP contribution in [0.3, 0.4) is 0 Å². The zero-order valence-corrected chi connectivity index (χ0v) is 11.6. The Bertz CT molecular complexity index is 666. The number of hydrogen-bond acceptors (Lipinski definition) is 2. The maximum absolute atomic E-state index is 13.3. The van der Waals surface area contributed by atoms with Crippen molar-refractivity contribution in [2.45, 2.75) is 26.7 Å². The number of nitrogens with zero attached hydrogens (tertiary/aromatic N) is 1. The van der Waals surface area contributed by atoms with E-state index in [-0.39, 0.29) is 17.3 Å². The fourth-order valence-electron chi connectivity index (χ4n) is 2.17. The van der Waals surface area contributed by atoms with E-state index in [4.69, 9.17) is 0 Å². The van der Waals surface area contributed by atoms with Crippen molar-refractivity contribution in [1.29, 1.82) is 0 Å². The van der Waals surface area contributed by atoms with E-state index < -0.39 is 5.97 Å². The van der Waals surface area contributed by atoms with Crippen molar-refractivity contribution < 1.29 is 14.3 Å². The van der Waals surface area contributed by atoms with E-state index in [0.29, 0.717) is 17.0 Å². The number of rotatable bonds is 3. The van der Waals surface area contributed by atoms with Gasteiger partial charge in [0.2, 0.25) is 0 Å². The maximum atomic E-state index is 13.3. The third-order valence-corrected chi connectivity index (χ3v) is 3.12. The van der Waals surface area contributed by atoms with Crippen molar-refractivity contribution in [3.8, 4) is 11.3 Å². The highest BCUT2D eigenvalue weighted by Gasteiger charge is 2.18. The topological polar surface area (TPSA) is 50.2 Å². The van der Waals surface area contributed by atoms with Crippen LogP contribution in [0.5, 0.6) is 0 Å². The molecule has 4 heteroatoms. The number of aromatic nitrogens is 1. The number of pyridine rings is 1. The van der Waals surface area contributed by atoms with Crippen LogP contribution >= 0.6 is 0 Å². The van der Waals surface area contributed by atoms with E-state index in [1.807, 2.05) is 13.8 Å². The first-order valence-electron chi connectivity index (χ1n) is 6.41. The van der Waals surface area contributed by atoms with Gasteiger partial charge in [0.15, 0.2) is 0 Å². The molecule has 0 amide bonds. The monoisotopic (exact) mass is 273 g/mol. The van der Waals surface area contributed by atoms with E-state index >= 15 is 0 Å². The fourth-order valence-corrected chi connectivity index (χ4v) is 2.17. The zero-order valence-electron chi connectivity index (χ0n) is 11.6. The molecule has 1 N–H and O–H groups in total. The molecule has 0 fully saturated rings. The van der Waals surface area contributed by atoms with E-state index in [9.17, 15) is 14.3 Å². The SMILES string of the molecule is Cc1cc(C(=O)O)c(C(C)C)nc1-c1cccc(F)c1. The minimum Gasteiger partial charge on any atom is -0.478 e. The summed E-state index contributed by atoms with van der Waals surface area (Å²) in [5.41, 5.74) is 2.72. The van der Waals surface area contributed by atoms with Gasteiger partial charge >= 0.3 is 5.97 Å². The minimum atomic E-state index is -0.991. The molecular weight excluding hydrogens is 257 g/mol. The quantitative estimate of drug-likeness (QED) is 0.919. The summed E-state index contributed by atoms with van der Waals surface area (Å²) in [5.74, 6) is -1.35. The van der Waals surface area contributed by atoms with Crippen molar-refractivity contribution in [2.75, 3.05) is 0 Å². The Balaban J connectivity index is 2.66. The molecule has 0 saturated carbocycles. The second-order valence-electron chi connectivity index (χ2n) is 5.06. The van der Waals surface area contributed by atoms with E-state index in [0.717, 1.165) is 5.56 Å². The molecule has 0 saturated heterocycles. The summed E-state index contributed by atoms with van der Waals surface area (Å²) in [6.07, 6.45) is 0. The van der Waals surface area contributed by atoms with Crippen LogP contribution in [-0.2, 0) is 0 Å². The lowest BCUT2D eigenvalue weighted by atomic mass is 9.98. The van der Waals surface area contributed by atoms with Crippen LogP contribution in [0.4, 0.5) is 4.39 Å². The van der Waals surface area contributed by atoms with Gasteiger partial charge in [-0.2, -0.15) is 0 Å². The van der Waals surface area contributed by atoms with Gasteiger partial charge in [-0.05, 0) is 36.6 Å². The average molecular weight is 273 g/mol. The zero-order chi connectivity index (χ0) is 14.9. The Labute approximate surface area is 117 Å². The van der Waals surface area contributed by atoms with Gasteiger partial charge in [0.25, 0.3) is 0 Å². The van der Waals surface area contributed by atoms with Gasteiger partial charge in [0.1, 0.15) is 5.82 Å². The van der Waals surface area contributed by atoms with Gasteiger partial charge in [-0.3, -0.25) is 4.98 Å². The van der Waals surface area contributed by atoms with Gasteiger partial charge in [-0.1, -0.05) is 26.0 Å². The number of aromatic carboxylic acids is 1. The second kappa shape index (κ2) is 5.41. The summed E-state index contributed by atoms with van der Waals surface area (Å²) in [6, 6.07) is 7.76. The predicted octanol–water partition coefficient (Wildman–Crippen LogP) is 4.02. The molecule has 0 aliphatic heterocycles. The van der Waals surface area contributed by atoms with Gasteiger partial charge < -0.3 is 5.11 Å². The first kappa shape index (κ1) is 14.2. The van der Waals surface area contributed by atoms with Gasteiger partial charge in [-0.15, -0.1) is 0 Å². The maximum Gasteiger partial charge on any atom is 0.337 e. The molecule has 0 atom stereocenters. The molecule has 20 heavy (non-hydrogen) atoms. The van der Waals surface area contributed by atoms with E-state index in [1.54, 1.807) is 25.1 Å². The van der Waals surface area contributed by atoms with Crippen molar-refractivity contribution in [2.24, 2.45) is 0 Å². The normalized spacial score (nSPS) is 10.8. The predicted molar refractivity (Wildman–Crippen MR) is 75.4 cm³/mol. The summed E-state index contributed by atoms with van der Waals surface area (Å²) in [7, 11) is 0. The van der Waals surface area contributed by atoms with Crippen LogP contribution in [0.25, 0.3) is 11.3 Å². The number of benzene rings is 1. The van der Waals surface area contributed by atoms with Crippen LogP contribution < -0.4 is 0 Å². The summed E-state index contributed by atoms with van der Waals surface area (Å²) < 4.78 is 13.3. The molecule has 0 aliphatic carbocycles. The highest BCUT2D eigenvalue weighted by molar-refractivity contribution is 5.90. The molecule has 0 bridgehead atoms. The lowest BCUT2D eigenvalue weighted by Gasteiger charge is -2.14. The lowest BCUT2D eigenvalue weighted by Crippen LogP contribution is -2.08. The minimum absolute atomic E-state index is 0.0194. The number of carboxylic acid groups (broad SMARTS) is 1. The van der Waals surface area contributed by atoms with Gasteiger partial charge in [0.05, 0.1) is 17.0 Å². The molecule has 0 spiro atoms. The Kier molecular flexibility index (Phi) is 3.84. The third-order valence-electron chi connectivity index (χ3n) is 3.12. The van der Waals surface area contributed by atoms with Crippen molar-refractivity contribution >= 4 is 5.97 Å². The molecule has 1 aromatic carbocycles. The molecule has 2 rings (SSSR count). The number of carbonyl (C=O) groups is 1. The Hall–Kier alpha value is -2.23. The highest BCUT2D eigenvalue weighted by atomic mass is 19.1.